The summed E-state index contributed by atoms with van der Waals surface area (Å²) in [7, 11) is 0. The van der Waals surface area contributed by atoms with Crippen LogP contribution in [-0.4, -0.2) is 35.0 Å². The number of esters is 1. The summed E-state index contributed by atoms with van der Waals surface area (Å²) in [6, 6.07) is 13.6. The van der Waals surface area contributed by atoms with Crippen LogP contribution in [0.1, 0.15) is 56.4 Å². The molecule has 2 N–H and O–H groups in total. The Morgan fingerprint density at radius 1 is 1.14 bits per heavy atom. The van der Waals surface area contributed by atoms with E-state index in [1.807, 2.05) is 18.2 Å². The number of aliphatic hydroxyl groups is 2. The van der Waals surface area contributed by atoms with Crippen LogP contribution in [0, 0.1) is 5.82 Å². The quantitative estimate of drug-likeness (QED) is 0.305. The zero-order chi connectivity index (χ0) is 26.1. The Kier molecular flexibility index (Phi) is 9.85. The molecule has 0 saturated carbocycles. The molecule has 0 aliphatic carbocycles. The van der Waals surface area contributed by atoms with E-state index in [1.165, 1.54) is 12.1 Å². The molecule has 0 amide bonds. The Morgan fingerprint density at radius 3 is 2.53 bits per heavy atom. The second-order valence-corrected chi connectivity index (χ2v) is 8.83. The molecule has 6 nitrogen and oxygen atoms in total. The van der Waals surface area contributed by atoms with E-state index in [2.05, 4.69) is 13.8 Å². The average molecular weight is 497 g/mol. The number of ether oxygens (including phenoxy) is 2. The highest BCUT2D eigenvalue weighted by Crippen LogP contribution is 2.36. The Morgan fingerprint density at radius 2 is 1.89 bits per heavy atom. The lowest BCUT2D eigenvalue weighted by atomic mass is 9.89. The van der Waals surface area contributed by atoms with Gasteiger partial charge in [-0.25, -0.2) is 4.39 Å². The predicted molar refractivity (Wildman–Crippen MR) is 136 cm³/mol. The lowest BCUT2D eigenvalue weighted by Gasteiger charge is -2.19. The van der Waals surface area contributed by atoms with Crippen LogP contribution in [0.3, 0.4) is 0 Å². The van der Waals surface area contributed by atoms with Gasteiger partial charge in [0.25, 0.3) is 0 Å². The third-order valence-electron chi connectivity index (χ3n) is 5.63. The summed E-state index contributed by atoms with van der Waals surface area (Å²) in [5.41, 5.74) is 3.42. The summed E-state index contributed by atoms with van der Waals surface area (Å²) >= 11 is 0. The van der Waals surface area contributed by atoms with Gasteiger partial charge < -0.3 is 24.1 Å². The molecule has 2 atom stereocenters. The van der Waals surface area contributed by atoms with Gasteiger partial charge in [-0.05, 0) is 71.5 Å². The van der Waals surface area contributed by atoms with Crippen molar-refractivity contribution in [3.05, 3.63) is 83.6 Å². The predicted octanol–water partition coefficient (Wildman–Crippen LogP) is 5.87. The van der Waals surface area contributed by atoms with E-state index >= 15 is 0 Å². The Labute approximate surface area is 211 Å². The van der Waals surface area contributed by atoms with E-state index in [0.717, 1.165) is 22.3 Å². The number of halogens is 1. The zero-order valence-corrected chi connectivity index (χ0v) is 20.8. The maximum Gasteiger partial charge on any atom is 0.308 e. The number of aliphatic hydroxyl groups excluding tert-OH is 2. The minimum Gasteiger partial charge on any atom is -0.486 e. The van der Waals surface area contributed by atoms with Crippen LogP contribution in [0.15, 0.2) is 65.3 Å². The highest BCUT2D eigenvalue weighted by molar-refractivity contribution is 5.79. The largest absolute Gasteiger partial charge is 0.486 e. The standard InChI is InChI=1S/C29H33FO6/c1-4-34-29(33)15-23(32)14-22(31)11-12-26-27(19(2)3)16-25(36-18-24-6-5-13-35-24)17-28(26)20-7-9-21(30)10-8-20/h5-13,16-17,19,22-23,31-32H,4,14-15,18H2,1-3H3/b12-11+. The molecular formula is C29H33FO6. The maximum absolute atomic E-state index is 13.6. The van der Waals surface area contributed by atoms with Crippen molar-refractivity contribution in [3.63, 3.8) is 0 Å². The van der Waals surface area contributed by atoms with E-state index in [-0.39, 0.29) is 37.8 Å². The average Bonchev–Trinajstić information content (AvgIpc) is 3.35. The van der Waals surface area contributed by atoms with Gasteiger partial charge in [0.05, 0.1) is 31.5 Å². The molecule has 36 heavy (non-hydrogen) atoms. The van der Waals surface area contributed by atoms with Crippen molar-refractivity contribution in [3.8, 4) is 16.9 Å². The SMILES string of the molecule is CCOC(=O)CC(O)CC(O)/C=C/c1c(-c2ccc(F)cc2)cc(OCc2ccco2)cc1C(C)C. The van der Waals surface area contributed by atoms with Crippen LogP contribution < -0.4 is 4.74 Å². The summed E-state index contributed by atoms with van der Waals surface area (Å²) in [6.45, 7) is 6.30. The zero-order valence-electron chi connectivity index (χ0n) is 20.8. The van der Waals surface area contributed by atoms with Crippen molar-refractivity contribution in [1.82, 2.24) is 0 Å². The van der Waals surface area contributed by atoms with Crippen molar-refractivity contribution >= 4 is 12.0 Å². The van der Waals surface area contributed by atoms with Crippen LogP contribution in [0.25, 0.3) is 17.2 Å². The third-order valence-corrected chi connectivity index (χ3v) is 5.63. The van der Waals surface area contributed by atoms with E-state index < -0.39 is 18.2 Å². The van der Waals surface area contributed by atoms with Crippen LogP contribution in [0.4, 0.5) is 4.39 Å². The fourth-order valence-electron chi connectivity index (χ4n) is 3.87. The second kappa shape index (κ2) is 13.0. The fraction of sp³-hybridized carbons (Fsp3) is 0.345. The van der Waals surface area contributed by atoms with Gasteiger partial charge in [0.15, 0.2) is 0 Å². The van der Waals surface area contributed by atoms with Crippen molar-refractivity contribution in [1.29, 1.82) is 0 Å². The molecule has 2 aromatic carbocycles. The monoisotopic (exact) mass is 496 g/mol. The molecule has 7 heteroatoms. The molecule has 0 saturated heterocycles. The van der Waals surface area contributed by atoms with E-state index in [9.17, 15) is 19.4 Å². The maximum atomic E-state index is 13.6. The van der Waals surface area contributed by atoms with Gasteiger partial charge in [0.1, 0.15) is 23.9 Å². The van der Waals surface area contributed by atoms with Gasteiger partial charge in [-0.2, -0.15) is 0 Å². The van der Waals surface area contributed by atoms with Crippen molar-refractivity contribution in [2.45, 2.75) is 58.3 Å². The first-order chi connectivity index (χ1) is 17.3. The number of hydrogen-bond acceptors (Lipinski definition) is 6. The molecule has 192 valence electrons. The Bertz CT molecular complexity index is 1140. The van der Waals surface area contributed by atoms with Crippen molar-refractivity contribution in [2.24, 2.45) is 0 Å². The summed E-state index contributed by atoms with van der Waals surface area (Å²) in [5, 5.41) is 20.6. The van der Waals surface area contributed by atoms with E-state index in [1.54, 1.807) is 43.5 Å². The molecule has 0 aliphatic heterocycles. The minimum atomic E-state index is -1.03. The highest BCUT2D eigenvalue weighted by Gasteiger charge is 2.17. The lowest BCUT2D eigenvalue weighted by molar-refractivity contribution is -0.145. The number of rotatable bonds is 12. The fourth-order valence-corrected chi connectivity index (χ4v) is 3.87. The Hall–Kier alpha value is -3.42. The summed E-state index contributed by atoms with van der Waals surface area (Å²) in [5.74, 6) is 0.598. The molecule has 3 aromatic rings. The van der Waals surface area contributed by atoms with Gasteiger partial charge in [0, 0.05) is 6.42 Å². The van der Waals surface area contributed by atoms with Crippen LogP contribution in [-0.2, 0) is 16.1 Å². The van der Waals surface area contributed by atoms with Gasteiger partial charge in [-0.1, -0.05) is 38.1 Å². The normalized spacial score (nSPS) is 13.2. The van der Waals surface area contributed by atoms with Gasteiger partial charge >= 0.3 is 5.97 Å². The molecule has 3 rings (SSSR count). The molecule has 2 unspecified atom stereocenters. The van der Waals surface area contributed by atoms with Gasteiger partial charge in [-0.3, -0.25) is 4.79 Å². The number of hydrogen-bond donors (Lipinski definition) is 2. The van der Waals surface area contributed by atoms with E-state index in [4.69, 9.17) is 13.9 Å². The number of benzene rings is 2. The second-order valence-electron chi connectivity index (χ2n) is 8.83. The third kappa shape index (κ3) is 7.80. The first-order valence-electron chi connectivity index (χ1n) is 12.1. The molecule has 0 radical (unpaired) electrons. The van der Waals surface area contributed by atoms with Crippen LogP contribution in [0.5, 0.6) is 5.75 Å². The first-order valence-corrected chi connectivity index (χ1v) is 12.1. The van der Waals surface area contributed by atoms with Gasteiger partial charge in [-0.15, -0.1) is 0 Å². The highest BCUT2D eigenvalue weighted by atomic mass is 19.1. The van der Waals surface area contributed by atoms with Crippen molar-refractivity contribution < 1.29 is 33.3 Å². The smallest absolute Gasteiger partial charge is 0.308 e. The van der Waals surface area contributed by atoms with Crippen LogP contribution >= 0.6 is 0 Å². The van der Waals surface area contributed by atoms with E-state index in [0.29, 0.717) is 11.5 Å². The number of carbonyl (C=O) groups is 1. The molecule has 0 spiro atoms. The minimum absolute atomic E-state index is 0.0114. The lowest BCUT2D eigenvalue weighted by Crippen LogP contribution is -2.20. The molecular weight excluding hydrogens is 463 g/mol. The number of furan rings is 1. The van der Waals surface area contributed by atoms with Gasteiger partial charge in [0.2, 0.25) is 0 Å². The topological polar surface area (TPSA) is 89.1 Å². The summed E-state index contributed by atoms with van der Waals surface area (Å²) in [6.07, 6.45) is 2.78. The Balaban J connectivity index is 1.91. The summed E-state index contributed by atoms with van der Waals surface area (Å²) in [4.78, 5) is 11.6. The molecule has 0 aliphatic rings. The number of carbonyl (C=O) groups excluding carboxylic acids is 1. The first kappa shape index (κ1) is 27.2. The molecule has 1 heterocycles. The molecule has 1 aromatic heterocycles. The van der Waals surface area contributed by atoms with Crippen LogP contribution in [0.2, 0.25) is 0 Å². The summed E-state index contributed by atoms with van der Waals surface area (Å²) < 4.78 is 29.9. The molecule has 0 fully saturated rings. The van der Waals surface area contributed by atoms with Crippen molar-refractivity contribution in [2.75, 3.05) is 6.61 Å². The molecule has 0 bridgehead atoms.